The molecule has 2 aliphatic heterocycles. The molecule has 2 heterocycles. The maximum absolute atomic E-state index is 12.8. The van der Waals surface area contributed by atoms with E-state index in [1.807, 2.05) is 24.3 Å². The molecule has 0 spiro atoms. The van der Waals surface area contributed by atoms with Crippen LogP contribution in [0.4, 0.5) is 11.4 Å². The summed E-state index contributed by atoms with van der Waals surface area (Å²) in [5.41, 5.74) is 4.47. The molecule has 0 aromatic heterocycles. The van der Waals surface area contributed by atoms with Crippen LogP contribution in [0.5, 0.6) is 5.75 Å². The van der Waals surface area contributed by atoms with Crippen molar-refractivity contribution < 1.29 is 47.6 Å². The Kier molecular flexibility index (Phi) is 10.8. The van der Waals surface area contributed by atoms with Gasteiger partial charge in [-0.3, -0.25) is 14.4 Å². The van der Waals surface area contributed by atoms with Crippen molar-refractivity contribution in [2.75, 3.05) is 39.2 Å². The number of esters is 4. The number of carbonyl (C=O) groups is 4. The number of hydrogen-bond donors (Lipinski definition) is 0. The molecule has 0 aliphatic carbocycles. The quantitative estimate of drug-likeness (QED) is 0.289. The molecule has 0 N–H and O–H groups in total. The van der Waals surface area contributed by atoms with Crippen molar-refractivity contribution in [1.29, 1.82) is 0 Å². The first-order valence-corrected chi connectivity index (χ1v) is 14.5. The molecule has 2 aliphatic rings. The van der Waals surface area contributed by atoms with E-state index in [0.717, 1.165) is 70.2 Å². The van der Waals surface area contributed by atoms with Gasteiger partial charge in [-0.1, -0.05) is 18.2 Å². The Labute approximate surface area is 257 Å². The summed E-state index contributed by atoms with van der Waals surface area (Å²) in [5, 5.41) is 0. The van der Waals surface area contributed by atoms with Gasteiger partial charge in [-0.2, -0.15) is 0 Å². The molecular weight excluding hydrogens is 572 g/mol. The van der Waals surface area contributed by atoms with Crippen molar-refractivity contribution in [1.82, 2.24) is 4.90 Å². The van der Waals surface area contributed by atoms with Crippen molar-refractivity contribution in [3.05, 3.63) is 53.6 Å². The Morgan fingerprint density at radius 2 is 1.45 bits per heavy atom. The van der Waals surface area contributed by atoms with Crippen molar-refractivity contribution in [2.24, 2.45) is 0 Å². The zero-order valence-corrected chi connectivity index (χ0v) is 25.9. The van der Waals surface area contributed by atoms with Crippen LogP contribution < -0.4 is 9.64 Å². The molecule has 5 atom stereocenters. The fourth-order valence-corrected chi connectivity index (χ4v) is 5.58. The fraction of sp³-hybridized carbons (Fsp3) is 0.500. The summed E-state index contributed by atoms with van der Waals surface area (Å²) in [6, 6.07) is 14.0. The van der Waals surface area contributed by atoms with Crippen molar-refractivity contribution in [2.45, 2.75) is 70.7 Å². The van der Waals surface area contributed by atoms with E-state index < -0.39 is 54.6 Å². The normalized spacial score (nSPS) is 22.6. The lowest BCUT2D eigenvalue weighted by atomic mass is 9.97. The maximum atomic E-state index is 12.8. The van der Waals surface area contributed by atoms with Gasteiger partial charge in [-0.05, 0) is 75.3 Å². The molecule has 44 heavy (non-hydrogen) atoms. The first-order valence-electron chi connectivity index (χ1n) is 14.5. The number of hydrogen-bond acceptors (Lipinski definition) is 12. The molecular formula is C32H40N2O10. The van der Waals surface area contributed by atoms with Gasteiger partial charge >= 0.3 is 23.9 Å². The molecule has 0 saturated carbocycles. The average molecular weight is 613 g/mol. The van der Waals surface area contributed by atoms with Gasteiger partial charge < -0.3 is 38.2 Å². The van der Waals surface area contributed by atoms with Crippen molar-refractivity contribution in [3.63, 3.8) is 0 Å². The van der Waals surface area contributed by atoms with Crippen LogP contribution >= 0.6 is 0 Å². The Hall–Kier alpha value is -4.16. The van der Waals surface area contributed by atoms with Crippen molar-refractivity contribution >= 4 is 35.3 Å². The van der Waals surface area contributed by atoms with Crippen LogP contribution in [-0.2, 0) is 55.7 Å². The van der Waals surface area contributed by atoms with Crippen LogP contribution in [-0.4, -0.2) is 93.8 Å². The molecule has 1 fully saturated rings. The van der Waals surface area contributed by atoms with Gasteiger partial charge in [0.2, 0.25) is 12.4 Å². The second-order valence-corrected chi connectivity index (χ2v) is 11.0. The fourth-order valence-electron chi connectivity index (χ4n) is 5.58. The maximum Gasteiger partial charge on any atom is 0.339 e. The van der Waals surface area contributed by atoms with Gasteiger partial charge in [-0.25, -0.2) is 4.79 Å². The first-order chi connectivity index (χ1) is 21.0. The highest BCUT2D eigenvalue weighted by Crippen LogP contribution is 2.39. The van der Waals surface area contributed by atoms with Gasteiger partial charge in [0.25, 0.3) is 0 Å². The van der Waals surface area contributed by atoms with E-state index >= 15 is 0 Å². The van der Waals surface area contributed by atoms with Crippen LogP contribution in [0.2, 0.25) is 0 Å². The molecule has 2 aromatic carbocycles. The third kappa shape index (κ3) is 7.86. The second kappa shape index (κ2) is 14.5. The summed E-state index contributed by atoms with van der Waals surface area (Å²) in [4.78, 5) is 53.5. The molecule has 0 radical (unpaired) electrons. The smallest absolute Gasteiger partial charge is 0.339 e. The first kappa shape index (κ1) is 32.7. The number of anilines is 2. The zero-order valence-electron chi connectivity index (χ0n) is 25.9. The summed E-state index contributed by atoms with van der Waals surface area (Å²) in [6.07, 6.45) is -4.72. The van der Waals surface area contributed by atoms with E-state index in [-0.39, 0.29) is 0 Å². The highest BCUT2D eigenvalue weighted by Gasteiger charge is 2.55. The van der Waals surface area contributed by atoms with Gasteiger partial charge in [0.1, 0.15) is 5.75 Å². The monoisotopic (exact) mass is 612 g/mol. The summed E-state index contributed by atoms with van der Waals surface area (Å²) in [7, 11) is 5.24. The van der Waals surface area contributed by atoms with Crippen LogP contribution in [0.25, 0.3) is 0 Å². The van der Waals surface area contributed by atoms with E-state index in [2.05, 4.69) is 36.0 Å². The minimum absolute atomic E-state index is 0.376. The molecule has 12 nitrogen and oxygen atoms in total. The van der Waals surface area contributed by atoms with Gasteiger partial charge in [0.05, 0.1) is 7.11 Å². The summed E-state index contributed by atoms with van der Waals surface area (Å²) in [6.45, 7) is 5.18. The lowest BCUT2D eigenvalue weighted by Gasteiger charge is -2.43. The summed E-state index contributed by atoms with van der Waals surface area (Å²) >= 11 is 0. The number of methoxy groups -OCH3 is 1. The van der Waals surface area contributed by atoms with E-state index in [1.54, 1.807) is 6.07 Å². The number of benzene rings is 2. The Balaban J connectivity index is 1.69. The number of rotatable bonds is 10. The van der Waals surface area contributed by atoms with E-state index in [0.29, 0.717) is 5.75 Å². The van der Waals surface area contributed by atoms with Crippen LogP contribution in [0.1, 0.15) is 38.3 Å². The molecule has 0 bridgehead atoms. The predicted octanol–water partition coefficient (Wildman–Crippen LogP) is 2.95. The van der Waals surface area contributed by atoms with E-state index in [1.165, 1.54) is 12.5 Å². The van der Waals surface area contributed by atoms with E-state index in [9.17, 15) is 19.2 Å². The molecule has 4 rings (SSSR count). The number of fused-ring (bicyclic) bond motifs is 2. The Bertz CT molecular complexity index is 1360. The highest BCUT2D eigenvalue weighted by molar-refractivity contribution is 5.77. The molecule has 0 amide bonds. The SMILES string of the molecule is COC(=O)[C@H]1O[C@@H](Oc2ccc3c(c2)CCc2ccccc2N3CCCN(C)C)[C@H](OC(C)=O)[C@@H](OC(C)=O)[C@@H]1OC(C)=O. The number of nitrogens with zero attached hydrogens (tertiary/aromatic N) is 2. The third-order valence-corrected chi connectivity index (χ3v) is 7.36. The summed E-state index contributed by atoms with van der Waals surface area (Å²) in [5.74, 6) is -2.77. The zero-order chi connectivity index (χ0) is 32.0. The third-order valence-electron chi connectivity index (χ3n) is 7.36. The minimum atomic E-state index is -1.53. The largest absolute Gasteiger partial charge is 0.467 e. The topological polar surface area (TPSA) is 130 Å². The lowest BCUT2D eigenvalue weighted by molar-refractivity contribution is -0.282. The molecule has 2 aromatic rings. The lowest BCUT2D eigenvalue weighted by Crippen LogP contribution is -2.64. The van der Waals surface area contributed by atoms with E-state index in [4.69, 9.17) is 28.4 Å². The van der Waals surface area contributed by atoms with Crippen molar-refractivity contribution in [3.8, 4) is 5.75 Å². The van der Waals surface area contributed by atoms with Crippen LogP contribution in [0.15, 0.2) is 42.5 Å². The minimum Gasteiger partial charge on any atom is -0.467 e. The molecule has 1 saturated heterocycles. The highest BCUT2D eigenvalue weighted by atomic mass is 16.7. The second-order valence-electron chi connectivity index (χ2n) is 11.0. The molecule has 0 unspecified atom stereocenters. The van der Waals surface area contributed by atoms with Crippen LogP contribution in [0, 0.1) is 0 Å². The number of ether oxygens (including phenoxy) is 6. The molecule has 238 valence electrons. The number of para-hydroxylation sites is 1. The van der Waals surface area contributed by atoms with Crippen LogP contribution in [0.3, 0.4) is 0 Å². The predicted molar refractivity (Wildman–Crippen MR) is 158 cm³/mol. The Morgan fingerprint density at radius 3 is 2.11 bits per heavy atom. The standard InChI is InChI=1S/C32H40N2O10/c1-19(35)40-27-28(41-20(2)36)30(42-21(3)37)32(44-29(27)31(38)39-6)43-24-14-15-26-23(18-24)13-12-22-10-7-8-11-25(22)34(26)17-9-16-33(4)5/h7-8,10-11,14-15,18,27-30,32H,9,12-13,16-17H2,1-6H3/t27-,28-,29-,30+,32+/m0/s1. The average Bonchev–Trinajstić information content (AvgIpc) is 3.11. The number of carbonyl (C=O) groups excluding carboxylic acids is 4. The number of aryl methyl sites for hydroxylation is 2. The van der Waals surface area contributed by atoms with Gasteiger partial charge in [0, 0.05) is 38.7 Å². The molecule has 12 heteroatoms. The Morgan fingerprint density at radius 1 is 0.841 bits per heavy atom. The summed E-state index contributed by atoms with van der Waals surface area (Å²) < 4.78 is 33.3. The van der Waals surface area contributed by atoms with Gasteiger partial charge in [-0.15, -0.1) is 0 Å². The van der Waals surface area contributed by atoms with Gasteiger partial charge in [0.15, 0.2) is 18.3 Å².